The van der Waals surface area contributed by atoms with Gasteiger partial charge in [-0.2, -0.15) is 0 Å². The van der Waals surface area contributed by atoms with Crippen molar-refractivity contribution in [3.8, 4) is 11.5 Å². The molecular weight excluding hydrogens is 462 g/mol. The molecule has 0 atom stereocenters. The largest absolute Gasteiger partial charge is 0.493 e. The monoisotopic (exact) mass is 489 g/mol. The first-order chi connectivity index (χ1) is 17.1. The summed E-state index contributed by atoms with van der Waals surface area (Å²) in [6.07, 6.45) is 0.892. The number of hydrogen-bond donors (Lipinski definition) is 2. The fourth-order valence-corrected chi connectivity index (χ4v) is 4.01. The van der Waals surface area contributed by atoms with Crippen LogP contribution in [-0.4, -0.2) is 48.6 Å². The van der Waals surface area contributed by atoms with E-state index in [4.69, 9.17) is 21.7 Å². The van der Waals surface area contributed by atoms with Crippen molar-refractivity contribution in [3.05, 3.63) is 95.1 Å². The van der Waals surface area contributed by atoms with Crippen LogP contribution in [0.1, 0.15) is 31.8 Å². The number of imide groups is 1. The molecule has 180 valence electrons. The summed E-state index contributed by atoms with van der Waals surface area (Å²) in [5.74, 6) is 0.512. The van der Waals surface area contributed by atoms with Crippen LogP contribution in [0.4, 0.5) is 0 Å². The normalized spacial score (nSPS) is 12.3. The Bertz CT molecular complexity index is 1180. The Hall–Kier alpha value is -3.91. The molecule has 0 saturated heterocycles. The van der Waals surface area contributed by atoms with Crippen molar-refractivity contribution in [3.63, 3.8) is 0 Å². The van der Waals surface area contributed by atoms with E-state index < -0.39 is 0 Å². The molecule has 0 spiro atoms. The summed E-state index contributed by atoms with van der Waals surface area (Å²) in [7, 11) is 1.57. The van der Waals surface area contributed by atoms with Crippen LogP contribution in [0.3, 0.4) is 0 Å². The highest BCUT2D eigenvalue weighted by molar-refractivity contribution is 7.80. The summed E-state index contributed by atoms with van der Waals surface area (Å²) in [6.45, 7) is 1.60. The van der Waals surface area contributed by atoms with Gasteiger partial charge in [0.2, 0.25) is 0 Å². The highest BCUT2D eigenvalue weighted by Gasteiger charge is 2.34. The first-order valence-electron chi connectivity index (χ1n) is 11.4. The van der Waals surface area contributed by atoms with E-state index in [1.54, 1.807) is 31.4 Å². The van der Waals surface area contributed by atoms with Crippen molar-refractivity contribution >= 4 is 29.1 Å². The lowest BCUT2D eigenvalue weighted by Gasteiger charge is -2.16. The Morgan fingerprint density at radius 3 is 2.23 bits per heavy atom. The molecule has 0 fully saturated rings. The van der Waals surface area contributed by atoms with Crippen molar-refractivity contribution < 1.29 is 19.1 Å². The third-order valence-corrected chi connectivity index (χ3v) is 5.96. The van der Waals surface area contributed by atoms with Gasteiger partial charge in [-0.3, -0.25) is 14.5 Å². The fraction of sp³-hybridized carbons (Fsp3) is 0.222. The minimum atomic E-state index is -0.295. The number of carbonyl (C=O) groups excluding carboxylic acids is 2. The van der Waals surface area contributed by atoms with Gasteiger partial charge in [0.15, 0.2) is 16.6 Å². The summed E-state index contributed by atoms with van der Waals surface area (Å²) >= 11 is 5.37. The quantitative estimate of drug-likeness (QED) is 0.333. The number of nitrogens with zero attached hydrogens (tertiary/aromatic N) is 1. The summed E-state index contributed by atoms with van der Waals surface area (Å²) < 4.78 is 11.3. The molecule has 0 unspecified atom stereocenters. The van der Waals surface area contributed by atoms with Crippen molar-refractivity contribution in [2.24, 2.45) is 0 Å². The molecule has 2 N–H and O–H groups in total. The Labute approximate surface area is 210 Å². The summed E-state index contributed by atoms with van der Waals surface area (Å²) in [4.78, 5) is 26.2. The van der Waals surface area contributed by atoms with E-state index in [0.29, 0.717) is 34.3 Å². The Morgan fingerprint density at radius 1 is 0.857 bits per heavy atom. The lowest BCUT2D eigenvalue weighted by atomic mass is 10.1. The second-order valence-electron chi connectivity index (χ2n) is 7.99. The zero-order chi connectivity index (χ0) is 24.6. The van der Waals surface area contributed by atoms with E-state index in [2.05, 4.69) is 22.8 Å². The third-order valence-electron chi connectivity index (χ3n) is 5.67. The molecular formula is C27H27N3O4S. The Kier molecular flexibility index (Phi) is 7.95. The highest BCUT2D eigenvalue weighted by atomic mass is 32.1. The van der Waals surface area contributed by atoms with Crippen LogP contribution in [0.25, 0.3) is 0 Å². The smallest absolute Gasteiger partial charge is 0.261 e. The summed E-state index contributed by atoms with van der Waals surface area (Å²) in [5.41, 5.74) is 3.09. The second kappa shape index (κ2) is 11.5. The number of rotatable bonds is 10. The van der Waals surface area contributed by atoms with Crippen LogP contribution in [0.15, 0.2) is 72.8 Å². The maximum atomic E-state index is 12.5. The first-order valence-corrected chi connectivity index (χ1v) is 11.8. The van der Waals surface area contributed by atoms with Gasteiger partial charge in [-0.25, -0.2) is 0 Å². The van der Waals surface area contributed by atoms with E-state index in [9.17, 15) is 9.59 Å². The standard InChI is InChI=1S/C27H27N3O4S/c1-33-24-17-20(18-29-27(35)28-14-13-19-7-3-2-4-8-19)11-12-23(24)34-16-15-30-25(31)21-9-5-6-10-22(21)26(30)32/h2-12,17H,13-16,18H2,1H3,(H2,28,29,35). The minimum absolute atomic E-state index is 0.154. The molecule has 0 saturated carbocycles. The van der Waals surface area contributed by atoms with Gasteiger partial charge >= 0.3 is 0 Å². The van der Waals surface area contributed by atoms with E-state index in [1.807, 2.05) is 36.4 Å². The zero-order valence-corrected chi connectivity index (χ0v) is 20.3. The van der Waals surface area contributed by atoms with Crippen LogP contribution < -0.4 is 20.1 Å². The molecule has 1 aliphatic heterocycles. The van der Waals surface area contributed by atoms with Crippen molar-refractivity contribution in [2.75, 3.05) is 26.8 Å². The highest BCUT2D eigenvalue weighted by Crippen LogP contribution is 2.28. The molecule has 0 aliphatic carbocycles. The van der Waals surface area contributed by atoms with Gasteiger partial charge in [0, 0.05) is 13.1 Å². The van der Waals surface area contributed by atoms with Crippen LogP contribution in [0.5, 0.6) is 11.5 Å². The first kappa shape index (κ1) is 24.2. The van der Waals surface area contributed by atoms with Gasteiger partial charge in [-0.15, -0.1) is 0 Å². The second-order valence-corrected chi connectivity index (χ2v) is 8.39. The summed E-state index contributed by atoms with van der Waals surface area (Å²) in [5, 5.41) is 7.00. The minimum Gasteiger partial charge on any atom is -0.493 e. The number of fused-ring (bicyclic) bond motifs is 1. The van der Waals surface area contributed by atoms with Crippen molar-refractivity contribution in [1.29, 1.82) is 0 Å². The van der Waals surface area contributed by atoms with Gasteiger partial charge in [0.25, 0.3) is 11.8 Å². The van der Waals surface area contributed by atoms with E-state index in [1.165, 1.54) is 10.5 Å². The molecule has 1 aliphatic rings. The van der Waals surface area contributed by atoms with E-state index in [-0.39, 0.29) is 25.0 Å². The van der Waals surface area contributed by atoms with Gasteiger partial charge in [-0.1, -0.05) is 48.5 Å². The number of methoxy groups -OCH3 is 1. The predicted molar refractivity (Wildman–Crippen MR) is 138 cm³/mol. The SMILES string of the molecule is COc1cc(CNC(=S)NCCc2ccccc2)ccc1OCCN1C(=O)c2ccccc2C1=O. The number of amides is 2. The van der Waals surface area contributed by atoms with E-state index >= 15 is 0 Å². The molecule has 3 aromatic rings. The number of carbonyl (C=O) groups is 2. The van der Waals surface area contributed by atoms with Crippen molar-refractivity contribution in [2.45, 2.75) is 13.0 Å². The predicted octanol–water partition coefficient (Wildman–Crippen LogP) is 3.58. The molecule has 4 rings (SSSR count). The van der Waals surface area contributed by atoms with Crippen LogP contribution >= 0.6 is 12.2 Å². The average molecular weight is 490 g/mol. The Morgan fingerprint density at radius 2 is 1.54 bits per heavy atom. The molecule has 8 heteroatoms. The zero-order valence-electron chi connectivity index (χ0n) is 19.5. The maximum Gasteiger partial charge on any atom is 0.261 e. The third kappa shape index (κ3) is 5.96. The number of ether oxygens (including phenoxy) is 2. The van der Waals surface area contributed by atoms with Crippen LogP contribution in [0, 0.1) is 0 Å². The Balaban J connectivity index is 1.24. The molecule has 0 aromatic heterocycles. The molecule has 1 heterocycles. The van der Waals surface area contributed by atoms with Crippen LogP contribution in [-0.2, 0) is 13.0 Å². The lowest BCUT2D eigenvalue weighted by Crippen LogP contribution is -2.35. The lowest BCUT2D eigenvalue weighted by molar-refractivity contribution is 0.0631. The van der Waals surface area contributed by atoms with Gasteiger partial charge < -0.3 is 20.1 Å². The topological polar surface area (TPSA) is 79.9 Å². The summed E-state index contributed by atoms with van der Waals surface area (Å²) in [6, 6.07) is 22.7. The van der Waals surface area contributed by atoms with Crippen molar-refractivity contribution in [1.82, 2.24) is 15.5 Å². The number of benzene rings is 3. The molecule has 2 amide bonds. The van der Waals surface area contributed by atoms with Gasteiger partial charge in [0.05, 0.1) is 24.8 Å². The van der Waals surface area contributed by atoms with Crippen LogP contribution in [0.2, 0.25) is 0 Å². The van der Waals surface area contributed by atoms with Gasteiger partial charge in [0.1, 0.15) is 6.61 Å². The molecule has 35 heavy (non-hydrogen) atoms. The van der Waals surface area contributed by atoms with E-state index in [0.717, 1.165) is 18.5 Å². The number of hydrogen-bond acceptors (Lipinski definition) is 5. The molecule has 3 aromatic carbocycles. The molecule has 0 bridgehead atoms. The number of thiocarbonyl (C=S) groups is 1. The average Bonchev–Trinajstić information content (AvgIpc) is 3.13. The molecule has 7 nitrogen and oxygen atoms in total. The maximum absolute atomic E-state index is 12.5. The molecule has 0 radical (unpaired) electrons. The van der Waals surface area contributed by atoms with Gasteiger partial charge in [-0.05, 0) is 54.0 Å². The fourth-order valence-electron chi connectivity index (χ4n) is 3.84. The number of nitrogens with one attached hydrogen (secondary N) is 2.